The molecule has 0 spiro atoms. The van der Waals surface area contributed by atoms with Crippen LogP contribution < -0.4 is 0 Å². The summed E-state index contributed by atoms with van der Waals surface area (Å²) in [7, 11) is 1.92. The Balaban J connectivity index is 2.69. The van der Waals surface area contributed by atoms with Gasteiger partial charge in [0.15, 0.2) is 4.77 Å². The lowest BCUT2D eigenvalue weighted by molar-refractivity contribution is 0.709. The van der Waals surface area contributed by atoms with Crippen molar-refractivity contribution in [3.05, 3.63) is 22.5 Å². The van der Waals surface area contributed by atoms with Crippen LogP contribution in [0.5, 0.6) is 0 Å². The Hall–Kier alpha value is -1.43. The zero-order chi connectivity index (χ0) is 13.4. The summed E-state index contributed by atoms with van der Waals surface area (Å²) in [5.74, 6) is 1.59. The van der Waals surface area contributed by atoms with Gasteiger partial charge < -0.3 is 0 Å². The number of aromatic nitrogens is 5. The minimum atomic E-state index is 0.304. The van der Waals surface area contributed by atoms with Gasteiger partial charge in [-0.25, -0.2) is 0 Å². The molecule has 0 aliphatic heterocycles. The van der Waals surface area contributed by atoms with Crippen molar-refractivity contribution >= 4 is 12.2 Å². The average Bonchev–Trinajstić information content (AvgIpc) is 2.81. The van der Waals surface area contributed by atoms with Gasteiger partial charge in [0.1, 0.15) is 5.82 Å². The summed E-state index contributed by atoms with van der Waals surface area (Å²) >= 11 is 5.34. The van der Waals surface area contributed by atoms with Gasteiger partial charge in [-0.05, 0) is 18.1 Å². The molecule has 0 atom stereocenters. The largest absolute Gasteiger partial charge is 0.273 e. The van der Waals surface area contributed by atoms with Crippen LogP contribution in [0.1, 0.15) is 51.0 Å². The molecular weight excluding hydrogens is 246 g/mol. The minimum Gasteiger partial charge on any atom is -0.273 e. The van der Waals surface area contributed by atoms with Crippen LogP contribution >= 0.6 is 12.2 Å². The SMILES string of the molecule is CC(C)c1nn(C)cc1-n1c(C(C)C)n[nH]c1=S. The maximum Gasteiger partial charge on any atom is 0.199 e. The first-order valence-corrected chi connectivity index (χ1v) is 6.53. The van der Waals surface area contributed by atoms with Gasteiger partial charge in [0.25, 0.3) is 0 Å². The van der Waals surface area contributed by atoms with Crippen molar-refractivity contribution in [3.8, 4) is 5.69 Å². The first-order chi connectivity index (χ1) is 8.41. The third-order valence-corrected chi connectivity index (χ3v) is 3.11. The molecule has 2 rings (SSSR count). The number of H-pyrrole nitrogens is 1. The molecule has 6 heteroatoms. The van der Waals surface area contributed by atoms with Crippen molar-refractivity contribution in [3.63, 3.8) is 0 Å². The van der Waals surface area contributed by atoms with E-state index >= 15 is 0 Å². The summed E-state index contributed by atoms with van der Waals surface area (Å²) in [4.78, 5) is 0. The first-order valence-electron chi connectivity index (χ1n) is 6.13. The molecule has 98 valence electrons. The van der Waals surface area contributed by atoms with Crippen LogP contribution in [0.25, 0.3) is 5.69 Å². The molecule has 0 saturated heterocycles. The van der Waals surface area contributed by atoms with Gasteiger partial charge in [-0.15, -0.1) is 0 Å². The van der Waals surface area contributed by atoms with Gasteiger partial charge in [-0.2, -0.15) is 10.2 Å². The average molecular weight is 265 g/mol. The van der Waals surface area contributed by atoms with Gasteiger partial charge in [-0.3, -0.25) is 14.3 Å². The highest BCUT2D eigenvalue weighted by Gasteiger charge is 2.18. The number of nitrogens with one attached hydrogen (secondary N) is 1. The van der Waals surface area contributed by atoms with Crippen LogP contribution in [0, 0.1) is 4.77 Å². The van der Waals surface area contributed by atoms with Crippen LogP contribution in [-0.4, -0.2) is 24.5 Å². The maximum absolute atomic E-state index is 5.34. The van der Waals surface area contributed by atoms with E-state index in [1.807, 2.05) is 22.5 Å². The molecule has 0 aliphatic carbocycles. The molecule has 0 aliphatic rings. The Morgan fingerprint density at radius 1 is 1.22 bits per heavy atom. The van der Waals surface area contributed by atoms with Gasteiger partial charge in [-0.1, -0.05) is 27.7 Å². The summed E-state index contributed by atoms with van der Waals surface area (Å²) in [6.07, 6.45) is 1.99. The van der Waals surface area contributed by atoms with Crippen LogP contribution in [0.2, 0.25) is 0 Å². The first kappa shape index (κ1) is 13.0. The number of hydrogen-bond donors (Lipinski definition) is 1. The highest BCUT2D eigenvalue weighted by atomic mass is 32.1. The van der Waals surface area contributed by atoms with Crippen LogP contribution in [0.15, 0.2) is 6.20 Å². The summed E-state index contributed by atoms with van der Waals surface area (Å²) in [5.41, 5.74) is 2.06. The van der Waals surface area contributed by atoms with Gasteiger partial charge in [0.2, 0.25) is 0 Å². The number of hydrogen-bond acceptors (Lipinski definition) is 3. The lowest BCUT2D eigenvalue weighted by Gasteiger charge is -2.10. The van der Waals surface area contributed by atoms with E-state index in [0.29, 0.717) is 16.6 Å². The molecule has 0 bridgehead atoms. The Labute approximate surface area is 112 Å². The molecule has 2 aromatic heterocycles. The second-order valence-electron chi connectivity index (χ2n) is 5.11. The second-order valence-corrected chi connectivity index (χ2v) is 5.49. The fourth-order valence-electron chi connectivity index (χ4n) is 2.01. The van der Waals surface area contributed by atoms with Crippen LogP contribution in [0.3, 0.4) is 0 Å². The predicted molar refractivity (Wildman–Crippen MR) is 73.7 cm³/mol. The fourth-order valence-corrected chi connectivity index (χ4v) is 2.24. The van der Waals surface area contributed by atoms with E-state index < -0.39 is 0 Å². The molecule has 0 fully saturated rings. The van der Waals surface area contributed by atoms with Crippen molar-refractivity contribution < 1.29 is 0 Å². The molecule has 0 radical (unpaired) electrons. The van der Waals surface area contributed by atoms with Crippen molar-refractivity contribution in [1.29, 1.82) is 0 Å². The standard InChI is InChI=1S/C12H19N5S/c1-7(2)10-9(6-16(5)15-10)17-11(8(3)4)13-14-12(17)18/h6-8H,1-5H3,(H,14,18). The Bertz CT molecular complexity index is 602. The van der Waals surface area contributed by atoms with E-state index in [1.54, 1.807) is 0 Å². The Kier molecular flexibility index (Phi) is 3.38. The van der Waals surface area contributed by atoms with Crippen molar-refractivity contribution in [2.45, 2.75) is 39.5 Å². The van der Waals surface area contributed by atoms with Crippen LogP contribution in [0.4, 0.5) is 0 Å². The molecule has 0 amide bonds. The second kappa shape index (κ2) is 4.68. The number of aromatic amines is 1. The van der Waals surface area contributed by atoms with E-state index in [-0.39, 0.29) is 0 Å². The normalized spacial score (nSPS) is 11.7. The van der Waals surface area contributed by atoms with Gasteiger partial charge in [0, 0.05) is 19.2 Å². The van der Waals surface area contributed by atoms with E-state index in [1.165, 1.54) is 0 Å². The van der Waals surface area contributed by atoms with E-state index in [0.717, 1.165) is 17.2 Å². The highest BCUT2D eigenvalue weighted by molar-refractivity contribution is 7.71. The molecule has 0 unspecified atom stereocenters. The molecule has 0 saturated carbocycles. The molecule has 18 heavy (non-hydrogen) atoms. The van der Waals surface area contributed by atoms with Crippen molar-refractivity contribution in [2.24, 2.45) is 7.05 Å². The number of nitrogens with zero attached hydrogens (tertiary/aromatic N) is 4. The van der Waals surface area contributed by atoms with E-state index in [4.69, 9.17) is 12.2 Å². The van der Waals surface area contributed by atoms with Gasteiger partial charge in [0.05, 0.1) is 11.4 Å². The third-order valence-electron chi connectivity index (χ3n) is 2.84. The molecule has 1 N–H and O–H groups in total. The zero-order valence-corrected chi connectivity index (χ0v) is 12.2. The summed E-state index contributed by atoms with van der Waals surface area (Å²) in [5, 5.41) is 11.7. The molecule has 5 nitrogen and oxygen atoms in total. The topological polar surface area (TPSA) is 51.4 Å². The third kappa shape index (κ3) is 2.12. The van der Waals surface area contributed by atoms with Crippen molar-refractivity contribution in [2.75, 3.05) is 0 Å². The van der Waals surface area contributed by atoms with Gasteiger partial charge >= 0.3 is 0 Å². The van der Waals surface area contributed by atoms with E-state index in [2.05, 4.69) is 43.0 Å². The summed E-state index contributed by atoms with van der Waals surface area (Å²) < 4.78 is 4.43. The number of aryl methyl sites for hydroxylation is 1. The number of rotatable bonds is 3. The molecule has 0 aromatic carbocycles. The molecule has 2 aromatic rings. The monoisotopic (exact) mass is 265 g/mol. The predicted octanol–water partition coefficient (Wildman–Crippen LogP) is 2.91. The summed E-state index contributed by atoms with van der Waals surface area (Å²) in [6.45, 7) is 8.47. The fraction of sp³-hybridized carbons (Fsp3) is 0.583. The maximum atomic E-state index is 5.34. The zero-order valence-electron chi connectivity index (χ0n) is 11.4. The minimum absolute atomic E-state index is 0.304. The lowest BCUT2D eigenvalue weighted by atomic mass is 10.1. The Morgan fingerprint density at radius 2 is 1.89 bits per heavy atom. The van der Waals surface area contributed by atoms with Crippen molar-refractivity contribution in [1.82, 2.24) is 24.5 Å². The molecule has 2 heterocycles. The highest BCUT2D eigenvalue weighted by Crippen LogP contribution is 2.24. The lowest BCUT2D eigenvalue weighted by Crippen LogP contribution is -2.05. The Morgan fingerprint density at radius 3 is 2.44 bits per heavy atom. The van der Waals surface area contributed by atoms with Crippen LogP contribution in [-0.2, 0) is 7.05 Å². The smallest absolute Gasteiger partial charge is 0.199 e. The summed E-state index contributed by atoms with van der Waals surface area (Å²) in [6, 6.07) is 0. The quantitative estimate of drug-likeness (QED) is 0.868. The molecular formula is C12H19N5S. The van der Waals surface area contributed by atoms with E-state index in [9.17, 15) is 0 Å².